The molecule has 4 atom stereocenters. The van der Waals surface area contributed by atoms with Crippen LogP contribution >= 0.6 is 0 Å². The molecule has 0 radical (unpaired) electrons. The van der Waals surface area contributed by atoms with E-state index in [1.54, 1.807) is 19.1 Å². The van der Waals surface area contributed by atoms with Crippen LogP contribution < -0.4 is 24.8 Å². The fraction of sp³-hybridized carbons (Fsp3) is 0.452. The topological polar surface area (TPSA) is 94.9 Å². The molecule has 4 saturated heterocycles. The number of aliphatic hydroxyl groups excluding tert-OH is 1. The molecule has 2 aromatic rings. The van der Waals surface area contributed by atoms with E-state index in [4.69, 9.17) is 0 Å². The van der Waals surface area contributed by atoms with Gasteiger partial charge in [-0.25, -0.2) is 4.79 Å². The number of nitrogens with zero attached hydrogens (tertiary/aromatic N) is 3. The zero-order valence-corrected chi connectivity index (χ0v) is 25.0. The third-order valence-electron chi connectivity index (χ3n) is 10.4. The van der Waals surface area contributed by atoms with Crippen molar-refractivity contribution in [3.05, 3.63) is 64.3 Å². The van der Waals surface area contributed by atoms with Gasteiger partial charge in [0.1, 0.15) is 51.5 Å². The van der Waals surface area contributed by atoms with E-state index in [2.05, 4.69) is 25.2 Å². The number of benzene rings is 2. The van der Waals surface area contributed by atoms with E-state index in [0.29, 0.717) is 22.3 Å². The zero-order valence-electron chi connectivity index (χ0n) is 23.4. The first-order valence-electron chi connectivity index (χ1n) is 14.0. The Hall–Kier alpha value is -2.75. The number of carboxylic acid groups (broad SMARTS) is 1. The van der Waals surface area contributed by atoms with Crippen LogP contribution in [0.2, 0.25) is 0 Å². The molecule has 0 aromatic heterocycles. The van der Waals surface area contributed by atoms with Crippen LogP contribution in [-0.4, -0.2) is 100 Å². The quantitative estimate of drug-likeness (QED) is 0.233. The van der Waals surface area contributed by atoms with E-state index in [1.165, 1.54) is 54.2 Å². The first-order valence-corrected chi connectivity index (χ1v) is 14.0. The second-order valence-electron chi connectivity index (χ2n) is 12.8. The van der Waals surface area contributed by atoms with Crippen LogP contribution in [0.4, 0.5) is 0 Å². The number of rotatable bonds is 5. The number of aliphatic hydroxyl groups is 1. The lowest BCUT2D eigenvalue weighted by Gasteiger charge is -2.54. The predicted molar refractivity (Wildman–Crippen MR) is 144 cm³/mol. The molecule has 1 aliphatic carbocycles. The number of fused-ring (bicyclic) bond motifs is 7. The third kappa shape index (κ3) is 4.18. The number of carbonyl (C=O) groups excluding carboxylic acids is 2. The van der Waals surface area contributed by atoms with Crippen LogP contribution in [0.15, 0.2) is 42.1 Å². The Balaban J connectivity index is 0.00000169. The van der Waals surface area contributed by atoms with Crippen LogP contribution in [0, 0.1) is 11.8 Å². The summed E-state index contributed by atoms with van der Waals surface area (Å²) in [7, 11) is 2.36. The zero-order chi connectivity index (χ0) is 27.4. The summed E-state index contributed by atoms with van der Waals surface area (Å²) in [6.07, 6.45) is -0.849. The van der Waals surface area contributed by atoms with Crippen molar-refractivity contribution in [2.45, 2.75) is 32.5 Å². The van der Waals surface area contributed by atoms with E-state index in [0.717, 1.165) is 22.2 Å². The van der Waals surface area contributed by atoms with Crippen molar-refractivity contribution in [2.75, 3.05) is 46.3 Å². The number of carboxylic acids is 1. The van der Waals surface area contributed by atoms with Crippen molar-refractivity contribution < 1.29 is 58.4 Å². The summed E-state index contributed by atoms with van der Waals surface area (Å²) in [5, 5.41) is 20.2. The van der Waals surface area contributed by atoms with Crippen LogP contribution in [0.25, 0.3) is 16.7 Å². The second kappa shape index (κ2) is 9.92. The highest BCUT2D eigenvalue weighted by Gasteiger charge is 2.60. The highest BCUT2D eigenvalue weighted by molar-refractivity contribution is 6.22. The van der Waals surface area contributed by atoms with Crippen LogP contribution in [0.3, 0.4) is 0 Å². The number of ketones is 1. The van der Waals surface area contributed by atoms with Gasteiger partial charge in [0.25, 0.3) is 0 Å². The molecule has 218 valence electrons. The summed E-state index contributed by atoms with van der Waals surface area (Å²) < 4.78 is 2.29. The molecular weight excluding hydrogens is 565 g/mol. The molecule has 10 heteroatoms. The minimum absolute atomic E-state index is 0. The normalized spacial score (nSPS) is 31.5. The van der Waals surface area contributed by atoms with E-state index >= 15 is 0 Å². The summed E-state index contributed by atoms with van der Waals surface area (Å²) in [6.45, 7) is 11.6. The maximum atomic E-state index is 13.5. The van der Waals surface area contributed by atoms with Gasteiger partial charge < -0.3 is 48.9 Å². The van der Waals surface area contributed by atoms with Crippen molar-refractivity contribution >= 4 is 23.2 Å². The van der Waals surface area contributed by atoms with Crippen molar-refractivity contribution in [3.8, 4) is 11.1 Å². The molecule has 0 spiro atoms. The maximum absolute atomic E-state index is 13.5. The first-order chi connectivity index (χ1) is 18.5. The molecule has 1 amide bonds. The molecule has 5 heterocycles. The van der Waals surface area contributed by atoms with Gasteiger partial charge in [0.05, 0.1) is 25.1 Å². The predicted octanol–water partition coefficient (Wildman–Crippen LogP) is -3.65. The Bertz CT molecular complexity index is 1490. The fourth-order valence-corrected chi connectivity index (χ4v) is 8.00. The number of carbonyl (C=O) groups is 3. The standard InChI is InChI=1S/C31H34N3O5.2ClH/c1-17-25(28(31(38)39)32-27(17)26(18(2)35)30(32)37)20-5-7-22-23(15-20)21-6-4-19(14-24(21)29(22)36)16-34-11-8-33(3,9-12-34)10-13-34;;/h4-7,14-15,17-18,26-27,35H,8-13,16H2,1-3H3;2*1H/q+1;;/p-1/t17-,18+,26+,27+,33?,34?;;/m0../s1. The maximum Gasteiger partial charge on any atom is 0.352 e. The van der Waals surface area contributed by atoms with Gasteiger partial charge in [-0.1, -0.05) is 25.1 Å². The minimum atomic E-state index is -1.15. The van der Waals surface area contributed by atoms with Crippen molar-refractivity contribution in [3.63, 3.8) is 0 Å². The molecule has 41 heavy (non-hydrogen) atoms. The van der Waals surface area contributed by atoms with Gasteiger partial charge in [-0.15, -0.1) is 0 Å². The summed E-state index contributed by atoms with van der Waals surface area (Å²) in [4.78, 5) is 39.9. The first kappa shape index (κ1) is 29.7. The van der Waals surface area contributed by atoms with E-state index in [9.17, 15) is 24.6 Å². The highest BCUT2D eigenvalue weighted by Crippen LogP contribution is 2.51. The largest absolute Gasteiger partial charge is 1.00 e. The number of piperazine rings is 3. The van der Waals surface area contributed by atoms with E-state index < -0.39 is 18.0 Å². The summed E-state index contributed by atoms with van der Waals surface area (Å²) in [6, 6.07) is 11.4. The molecule has 5 aliphatic heterocycles. The number of amides is 1. The molecule has 8 nitrogen and oxygen atoms in total. The molecule has 0 saturated carbocycles. The summed E-state index contributed by atoms with van der Waals surface area (Å²) >= 11 is 0. The Morgan fingerprint density at radius 2 is 1.59 bits per heavy atom. The van der Waals surface area contributed by atoms with Crippen molar-refractivity contribution in [2.24, 2.45) is 11.8 Å². The lowest BCUT2D eigenvalue weighted by Crippen LogP contribution is -3.00. The summed E-state index contributed by atoms with van der Waals surface area (Å²) in [5.41, 5.74) is 5.51. The van der Waals surface area contributed by atoms with Crippen molar-refractivity contribution in [1.29, 1.82) is 0 Å². The molecule has 2 bridgehead atoms. The lowest BCUT2D eigenvalue weighted by atomic mass is 9.76. The van der Waals surface area contributed by atoms with Gasteiger partial charge in [-0.3, -0.25) is 9.59 Å². The molecule has 0 unspecified atom stereocenters. The number of hydrogen-bond acceptors (Lipinski definition) is 4. The number of aliphatic carboxylic acids is 1. The van der Waals surface area contributed by atoms with Gasteiger partial charge in [0.2, 0.25) is 5.91 Å². The number of halogens is 2. The third-order valence-corrected chi connectivity index (χ3v) is 10.4. The molecule has 2 N–H and O–H groups in total. The lowest BCUT2D eigenvalue weighted by molar-refractivity contribution is -1.08. The average molecular weight is 601 g/mol. The molecule has 4 fully saturated rings. The summed E-state index contributed by atoms with van der Waals surface area (Å²) in [5.74, 6) is -2.36. The molecule has 2 aromatic carbocycles. The van der Waals surface area contributed by atoms with Gasteiger partial charge in [-0.2, -0.15) is 0 Å². The average Bonchev–Trinajstić information content (AvgIpc) is 3.33. The number of β-lactam (4-membered cyclic amide) rings is 1. The Labute approximate surface area is 252 Å². The van der Waals surface area contributed by atoms with Gasteiger partial charge >= 0.3 is 5.97 Å². The Morgan fingerprint density at radius 3 is 2.20 bits per heavy atom. The van der Waals surface area contributed by atoms with Gasteiger partial charge in [0, 0.05) is 22.6 Å². The van der Waals surface area contributed by atoms with Crippen molar-refractivity contribution in [1.82, 2.24) is 4.90 Å². The van der Waals surface area contributed by atoms with Gasteiger partial charge in [-0.05, 0) is 47.4 Å². The molecule has 6 aliphatic rings. The van der Waals surface area contributed by atoms with Crippen LogP contribution in [0.5, 0.6) is 0 Å². The van der Waals surface area contributed by atoms with Crippen LogP contribution in [-0.2, 0) is 16.1 Å². The number of likely N-dealkylation sites (N-methyl/N-ethyl adjacent to an activating group) is 1. The molecule has 8 rings (SSSR count). The number of quaternary nitrogens is 2. The fourth-order valence-electron chi connectivity index (χ4n) is 8.00. The van der Waals surface area contributed by atoms with Gasteiger partial charge in [0.15, 0.2) is 5.78 Å². The second-order valence-corrected chi connectivity index (χ2v) is 12.8. The smallest absolute Gasteiger partial charge is 0.352 e. The number of hydrogen-bond donors (Lipinski definition) is 2. The molecular formula is C31H35Cl2N3O5. The SMILES string of the molecule is C[C@@H](O)[C@H]1C(=O)N2C(C(=O)O)=C(c3ccc4c(c3)-c3ccc(C[N+]56CC[N+](C)(CC5)CC6)cc3C4=O)[C@H](C)[C@H]12.[Cl-].[Cl-]. The van der Waals surface area contributed by atoms with E-state index in [-0.39, 0.29) is 54.2 Å². The monoisotopic (exact) mass is 599 g/mol. The Kier molecular flexibility index (Phi) is 7.19. The Morgan fingerprint density at radius 1 is 0.951 bits per heavy atom. The van der Waals surface area contributed by atoms with E-state index in [1.807, 2.05) is 13.0 Å². The minimum Gasteiger partial charge on any atom is -1.00 e. The van der Waals surface area contributed by atoms with Crippen LogP contribution in [0.1, 0.15) is 40.9 Å². The highest BCUT2D eigenvalue weighted by atomic mass is 35.5.